The first-order valence-electron chi connectivity index (χ1n) is 10.5. The maximum atomic E-state index is 13.1. The molecule has 0 aromatic heterocycles. The van der Waals surface area contributed by atoms with E-state index in [1.807, 2.05) is 19.9 Å². The average molecular weight is 479 g/mol. The third kappa shape index (κ3) is 4.60. The molecule has 1 N–H and O–H groups in total. The van der Waals surface area contributed by atoms with Gasteiger partial charge in [-0.3, -0.25) is 4.79 Å². The van der Waals surface area contributed by atoms with Crippen molar-refractivity contribution in [2.45, 2.75) is 62.1 Å². The summed E-state index contributed by atoms with van der Waals surface area (Å²) in [6.07, 6.45) is 0.317. The molecule has 1 heterocycles. The van der Waals surface area contributed by atoms with E-state index in [9.17, 15) is 21.6 Å². The van der Waals surface area contributed by atoms with Crippen molar-refractivity contribution >= 4 is 25.8 Å². The molecule has 1 saturated heterocycles. The average Bonchev–Trinajstić information content (AvgIpc) is 3.23. The molecule has 3 rings (SSSR count). The number of hydrogen-bond donors (Lipinski definition) is 1. The van der Waals surface area contributed by atoms with Crippen LogP contribution in [-0.2, 0) is 24.7 Å². The normalized spacial score (nSPS) is 18.0. The third-order valence-electron chi connectivity index (χ3n) is 6.24. The Morgan fingerprint density at radius 2 is 1.56 bits per heavy atom. The fraction of sp³-hybridized carbons (Fsp3) is 0.435. The maximum Gasteiger partial charge on any atom is 0.241 e. The molecule has 2 unspecified atom stereocenters. The smallest absolute Gasteiger partial charge is 0.241 e. The van der Waals surface area contributed by atoms with Crippen molar-refractivity contribution < 1.29 is 21.6 Å². The Hall–Kier alpha value is -2.23. The van der Waals surface area contributed by atoms with Crippen LogP contribution in [-0.4, -0.2) is 52.0 Å². The quantitative estimate of drug-likeness (QED) is 0.688. The lowest BCUT2D eigenvalue weighted by Gasteiger charge is -2.23. The fourth-order valence-corrected chi connectivity index (χ4v) is 7.71. The zero-order valence-electron chi connectivity index (χ0n) is 19.0. The largest absolute Gasteiger partial charge is 0.340 e. The molecule has 174 valence electrons. The first-order valence-corrected chi connectivity index (χ1v) is 13.6. The standard InChI is InChI=1S/C23H30N2O5S2/c1-15-13-16(2)18(4)22(17(15)3)32(29,30)24-19(5)23(26)25-12-11-21(14-25)31(27,28)20-9-7-6-8-10-20/h6-10,13,19,21,24H,11-12,14H2,1-5H3. The van der Waals surface area contributed by atoms with Crippen molar-refractivity contribution in [3.63, 3.8) is 0 Å². The molecule has 7 nitrogen and oxygen atoms in total. The molecule has 1 aliphatic rings. The number of rotatable bonds is 6. The van der Waals surface area contributed by atoms with Crippen molar-refractivity contribution in [1.29, 1.82) is 0 Å². The summed E-state index contributed by atoms with van der Waals surface area (Å²) in [4.78, 5) is 14.8. The Balaban J connectivity index is 1.76. The fourth-order valence-electron chi connectivity index (χ4n) is 4.18. The molecule has 2 aromatic carbocycles. The predicted octanol–water partition coefficient (Wildman–Crippen LogP) is 2.66. The van der Waals surface area contributed by atoms with E-state index in [-0.39, 0.29) is 22.9 Å². The van der Waals surface area contributed by atoms with Gasteiger partial charge in [0.2, 0.25) is 15.9 Å². The zero-order valence-corrected chi connectivity index (χ0v) is 20.7. The molecule has 9 heteroatoms. The Kier molecular flexibility index (Phi) is 6.83. The summed E-state index contributed by atoms with van der Waals surface area (Å²) >= 11 is 0. The van der Waals surface area contributed by atoms with E-state index >= 15 is 0 Å². The number of aryl methyl sites for hydroxylation is 2. The van der Waals surface area contributed by atoms with Crippen LogP contribution in [0, 0.1) is 27.7 Å². The van der Waals surface area contributed by atoms with Crippen LogP contribution >= 0.6 is 0 Å². The Morgan fingerprint density at radius 1 is 1.00 bits per heavy atom. The van der Waals surface area contributed by atoms with Crippen LogP contribution in [0.3, 0.4) is 0 Å². The van der Waals surface area contributed by atoms with Gasteiger partial charge in [0.1, 0.15) is 0 Å². The summed E-state index contributed by atoms with van der Waals surface area (Å²) in [6, 6.07) is 9.09. The van der Waals surface area contributed by atoms with E-state index < -0.39 is 37.1 Å². The number of amides is 1. The lowest BCUT2D eigenvalue weighted by atomic mass is 10.0. The van der Waals surface area contributed by atoms with Crippen molar-refractivity contribution in [3.05, 3.63) is 58.7 Å². The van der Waals surface area contributed by atoms with Crippen LogP contribution in [0.2, 0.25) is 0 Å². The lowest BCUT2D eigenvalue weighted by molar-refractivity contribution is -0.131. The van der Waals surface area contributed by atoms with Gasteiger partial charge < -0.3 is 4.90 Å². The molecular formula is C23H30N2O5S2. The Bertz CT molecular complexity index is 1210. The molecule has 1 fully saturated rings. The number of carbonyl (C=O) groups is 1. The number of likely N-dealkylation sites (tertiary alicyclic amines) is 1. The summed E-state index contributed by atoms with van der Waals surface area (Å²) in [6.45, 7) is 9.02. The molecule has 2 atom stereocenters. The number of sulfone groups is 1. The number of sulfonamides is 1. The van der Waals surface area contributed by atoms with Gasteiger partial charge in [0, 0.05) is 13.1 Å². The Morgan fingerprint density at radius 3 is 2.12 bits per heavy atom. The van der Waals surface area contributed by atoms with Crippen LogP contribution in [0.1, 0.15) is 35.6 Å². The predicted molar refractivity (Wildman–Crippen MR) is 124 cm³/mol. The molecule has 2 aromatic rings. The summed E-state index contributed by atoms with van der Waals surface area (Å²) in [7, 11) is -7.50. The molecular weight excluding hydrogens is 448 g/mol. The molecule has 0 spiro atoms. The van der Waals surface area contributed by atoms with E-state index in [2.05, 4.69) is 4.72 Å². The van der Waals surface area contributed by atoms with Crippen LogP contribution < -0.4 is 4.72 Å². The number of benzene rings is 2. The minimum Gasteiger partial charge on any atom is -0.340 e. The highest BCUT2D eigenvalue weighted by Gasteiger charge is 2.38. The van der Waals surface area contributed by atoms with Gasteiger partial charge in [0.05, 0.1) is 21.1 Å². The van der Waals surface area contributed by atoms with Crippen LogP contribution in [0.15, 0.2) is 46.2 Å². The third-order valence-corrected chi connectivity index (χ3v) is 10.2. The highest BCUT2D eigenvalue weighted by molar-refractivity contribution is 7.92. The van der Waals surface area contributed by atoms with Gasteiger partial charge in [-0.15, -0.1) is 0 Å². The van der Waals surface area contributed by atoms with Crippen LogP contribution in [0.4, 0.5) is 0 Å². The second-order valence-corrected chi connectivity index (χ2v) is 12.4. The molecule has 1 aliphatic heterocycles. The lowest BCUT2D eigenvalue weighted by Crippen LogP contribution is -2.46. The van der Waals surface area contributed by atoms with E-state index in [1.54, 1.807) is 44.2 Å². The Labute approximate surface area is 190 Å². The van der Waals surface area contributed by atoms with E-state index in [4.69, 9.17) is 0 Å². The zero-order chi connectivity index (χ0) is 23.8. The minimum atomic E-state index is -3.94. The SMILES string of the molecule is Cc1cc(C)c(C)c(S(=O)(=O)NC(C)C(=O)N2CCC(S(=O)(=O)c3ccccc3)C2)c1C. The van der Waals surface area contributed by atoms with Crippen LogP contribution in [0.5, 0.6) is 0 Å². The highest BCUT2D eigenvalue weighted by atomic mass is 32.2. The molecule has 0 saturated carbocycles. The topological polar surface area (TPSA) is 101 Å². The second kappa shape index (κ2) is 8.96. The molecule has 32 heavy (non-hydrogen) atoms. The van der Waals surface area contributed by atoms with Crippen molar-refractivity contribution in [3.8, 4) is 0 Å². The van der Waals surface area contributed by atoms with Crippen LogP contribution in [0.25, 0.3) is 0 Å². The summed E-state index contributed by atoms with van der Waals surface area (Å²) in [5, 5.41) is -0.707. The summed E-state index contributed by atoms with van der Waals surface area (Å²) in [5.41, 5.74) is 3.02. The van der Waals surface area contributed by atoms with E-state index in [1.165, 1.54) is 11.8 Å². The van der Waals surface area contributed by atoms with Gasteiger partial charge >= 0.3 is 0 Å². The highest BCUT2D eigenvalue weighted by Crippen LogP contribution is 2.27. The van der Waals surface area contributed by atoms with Crippen molar-refractivity contribution in [2.75, 3.05) is 13.1 Å². The monoisotopic (exact) mass is 478 g/mol. The summed E-state index contributed by atoms with van der Waals surface area (Å²) < 4.78 is 54.5. The van der Waals surface area contributed by atoms with Crippen molar-refractivity contribution in [2.24, 2.45) is 0 Å². The number of carbonyl (C=O) groups excluding carboxylic acids is 1. The first kappa shape index (κ1) is 24.4. The van der Waals surface area contributed by atoms with Gasteiger partial charge in [-0.2, -0.15) is 4.72 Å². The summed E-state index contributed by atoms with van der Waals surface area (Å²) in [5.74, 6) is -0.431. The van der Waals surface area contributed by atoms with Gasteiger partial charge in [0.25, 0.3) is 0 Å². The van der Waals surface area contributed by atoms with Gasteiger partial charge in [-0.25, -0.2) is 16.8 Å². The number of nitrogens with zero attached hydrogens (tertiary/aromatic N) is 1. The van der Waals surface area contributed by atoms with Crippen molar-refractivity contribution in [1.82, 2.24) is 9.62 Å². The van der Waals surface area contributed by atoms with Gasteiger partial charge in [-0.1, -0.05) is 24.3 Å². The number of nitrogens with one attached hydrogen (secondary N) is 1. The van der Waals surface area contributed by atoms with Gasteiger partial charge in [0.15, 0.2) is 9.84 Å². The minimum absolute atomic E-state index is 0.0454. The molecule has 0 aliphatic carbocycles. The van der Waals surface area contributed by atoms with Gasteiger partial charge in [-0.05, 0) is 75.4 Å². The van der Waals surface area contributed by atoms with E-state index in [0.29, 0.717) is 17.5 Å². The molecule has 1 amide bonds. The number of hydrogen-bond acceptors (Lipinski definition) is 5. The van der Waals surface area contributed by atoms with E-state index in [0.717, 1.165) is 11.1 Å². The maximum absolute atomic E-state index is 13.1. The second-order valence-electron chi connectivity index (χ2n) is 8.49. The first-order chi connectivity index (χ1) is 14.9. The molecule has 0 radical (unpaired) electrons. The molecule has 0 bridgehead atoms.